The minimum absolute atomic E-state index is 0.891. The maximum atomic E-state index is 5.62. The Morgan fingerprint density at radius 2 is 1.31 bits per heavy atom. The van der Waals surface area contributed by atoms with Crippen LogP contribution in [0.2, 0.25) is 0 Å². The van der Waals surface area contributed by atoms with Crippen LogP contribution in [-0.2, 0) is 0 Å². The number of unbranched alkanes of at least 4 members (excludes halogenated alkanes) is 1. The molecule has 1 heteroatoms. The van der Waals surface area contributed by atoms with Crippen LogP contribution in [0, 0.1) is 17.8 Å². The lowest BCUT2D eigenvalue weighted by Gasteiger charge is -2.29. The van der Waals surface area contributed by atoms with Crippen molar-refractivity contribution in [2.45, 2.75) is 70.6 Å². The highest BCUT2D eigenvalue weighted by Crippen LogP contribution is 2.43. The van der Waals surface area contributed by atoms with E-state index in [-0.39, 0.29) is 0 Å². The number of hydrogen-bond acceptors (Lipinski definition) is 1. The van der Waals surface area contributed by atoms with E-state index in [1.165, 1.54) is 70.6 Å². The Kier molecular flexibility index (Phi) is 5.15. The zero-order chi connectivity index (χ0) is 11.2. The minimum atomic E-state index is 0.891. The average molecular weight is 223 g/mol. The SMILES string of the molecule is NCCCCC(C1CCCC1)C1CCCC1. The second kappa shape index (κ2) is 6.64. The largest absolute Gasteiger partial charge is 0.330 e. The molecule has 0 amide bonds. The summed E-state index contributed by atoms with van der Waals surface area (Å²) < 4.78 is 0. The fourth-order valence-electron chi connectivity index (χ4n) is 4.15. The van der Waals surface area contributed by atoms with Crippen LogP contribution >= 0.6 is 0 Å². The van der Waals surface area contributed by atoms with E-state index < -0.39 is 0 Å². The molecule has 0 spiro atoms. The Hall–Kier alpha value is -0.0400. The van der Waals surface area contributed by atoms with Gasteiger partial charge in [0.15, 0.2) is 0 Å². The van der Waals surface area contributed by atoms with Crippen molar-refractivity contribution in [3.05, 3.63) is 0 Å². The highest BCUT2D eigenvalue weighted by atomic mass is 14.5. The maximum absolute atomic E-state index is 5.62. The Bertz CT molecular complexity index is 162. The Morgan fingerprint density at radius 1 is 0.812 bits per heavy atom. The highest BCUT2D eigenvalue weighted by molar-refractivity contribution is 4.83. The molecule has 0 aromatic carbocycles. The van der Waals surface area contributed by atoms with Gasteiger partial charge < -0.3 is 5.73 Å². The molecular weight excluding hydrogens is 194 g/mol. The van der Waals surface area contributed by atoms with E-state index in [9.17, 15) is 0 Å². The molecule has 0 bridgehead atoms. The summed E-state index contributed by atoms with van der Waals surface area (Å²) in [5, 5.41) is 0. The molecular formula is C15H29N. The molecule has 0 unspecified atom stereocenters. The van der Waals surface area contributed by atoms with Gasteiger partial charge in [0.05, 0.1) is 0 Å². The molecule has 2 N–H and O–H groups in total. The summed E-state index contributed by atoms with van der Waals surface area (Å²) in [7, 11) is 0. The van der Waals surface area contributed by atoms with Gasteiger partial charge >= 0.3 is 0 Å². The summed E-state index contributed by atoms with van der Waals surface area (Å²) in [4.78, 5) is 0. The van der Waals surface area contributed by atoms with Gasteiger partial charge in [0.2, 0.25) is 0 Å². The molecule has 2 aliphatic carbocycles. The second-order valence-corrected chi connectivity index (χ2v) is 6.04. The van der Waals surface area contributed by atoms with Crippen LogP contribution in [0.3, 0.4) is 0 Å². The van der Waals surface area contributed by atoms with Crippen LogP contribution < -0.4 is 5.73 Å². The summed E-state index contributed by atoms with van der Waals surface area (Å²) in [5.41, 5.74) is 5.62. The van der Waals surface area contributed by atoms with Crippen LogP contribution in [-0.4, -0.2) is 6.54 Å². The Labute approximate surface area is 101 Å². The zero-order valence-electron chi connectivity index (χ0n) is 10.8. The van der Waals surface area contributed by atoms with Crippen molar-refractivity contribution < 1.29 is 0 Å². The Balaban J connectivity index is 1.83. The molecule has 2 fully saturated rings. The van der Waals surface area contributed by atoms with E-state index >= 15 is 0 Å². The van der Waals surface area contributed by atoms with Gasteiger partial charge in [-0.05, 0) is 37.1 Å². The van der Waals surface area contributed by atoms with Crippen LogP contribution in [0.15, 0.2) is 0 Å². The van der Waals surface area contributed by atoms with Crippen molar-refractivity contribution >= 4 is 0 Å². The summed E-state index contributed by atoms with van der Waals surface area (Å²) in [5.74, 6) is 3.23. The smallest absolute Gasteiger partial charge is 0.00773 e. The third kappa shape index (κ3) is 3.23. The lowest BCUT2D eigenvalue weighted by atomic mass is 9.76. The first-order valence-corrected chi connectivity index (χ1v) is 7.62. The van der Waals surface area contributed by atoms with Gasteiger partial charge in [-0.25, -0.2) is 0 Å². The molecule has 0 atom stereocenters. The van der Waals surface area contributed by atoms with E-state index in [1.807, 2.05) is 0 Å². The van der Waals surface area contributed by atoms with Gasteiger partial charge in [0.25, 0.3) is 0 Å². The van der Waals surface area contributed by atoms with E-state index in [0.29, 0.717) is 0 Å². The molecule has 0 aromatic rings. The molecule has 0 saturated heterocycles. The average Bonchev–Trinajstić information content (AvgIpc) is 2.97. The van der Waals surface area contributed by atoms with Crippen LogP contribution in [0.25, 0.3) is 0 Å². The van der Waals surface area contributed by atoms with Gasteiger partial charge in [-0.15, -0.1) is 0 Å². The van der Waals surface area contributed by atoms with E-state index in [1.54, 1.807) is 0 Å². The fraction of sp³-hybridized carbons (Fsp3) is 1.00. The van der Waals surface area contributed by atoms with Crippen LogP contribution in [0.4, 0.5) is 0 Å². The standard InChI is InChI=1S/C15H29N/c16-12-6-5-11-15(13-7-1-2-8-13)14-9-3-4-10-14/h13-15H,1-12,16H2. The third-order valence-electron chi connectivity index (χ3n) is 5.00. The molecule has 0 heterocycles. The minimum Gasteiger partial charge on any atom is -0.330 e. The highest BCUT2D eigenvalue weighted by Gasteiger charge is 2.32. The molecule has 0 aliphatic heterocycles. The first-order chi connectivity index (χ1) is 7.92. The zero-order valence-corrected chi connectivity index (χ0v) is 10.8. The van der Waals surface area contributed by atoms with E-state index in [4.69, 9.17) is 5.73 Å². The van der Waals surface area contributed by atoms with Crippen molar-refractivity contribution in [2.24, 2.45) is 23.5 Å². The predicted molar refractivity (Wildman–Crippen MR) is 70.3 cm³/mol. The summed E-state index contributed by atoms with van der Waals surface area (Å²) >= 11 is 0. The van der Waals surface area contributed by atoms with Crippen molar-refractivity contribution in [1.82, 2.24) is 0 Å². The van der Waals surface area contributed by atoms with Gasteiger partial charge in [0, 0.05) is 0 Å². The summed E-state index contributed by atoms with van der Waals surface area (Å²) in [6, 6.07) is 0. The summed E-state index contributed by atoms with van der Waals surface area (Å²) in [6.07, 6.45) is 16.3. The van der Waals surface area contributed by atoms with Gasteiger partial charge in [0.1, 0.15) is 0 Å². The lowest BCUT2D eigenvalue weighted by Crippen LogP contribution is -2.20. The molecule has 2 aliphatic rings. The quantitative estimate of drug-likeness (QED) is 0.674. The fourth-order valence-corrected chi connectivity index (χ4v) is 4.15. The summed E-state index contributed by atoms with van der Waals surface area (Å²) in [6.45, 7) is 0.891. The third-order valence-corrected chi connectivity index (χ3v) is 5.00. The number of nitrogens with two attached hydrogens (primary N) is 1. The first kappa shape index (κ1) is 12.4. The molecule has 94 valence electrons. The number of hydrogen-bond donors (Lipinski definition) is 1. The van der Waals surface area contributed by atoms with Crippen molar-refractivity contribution in [2.75, 3.05) is 6.54 Å². The van der Waals surface area contributed by atoms with E-state index in [2.05, 4.69) is 0 Å². The van der Waals surface area contributed by atoms with E-state index in [0.717, 1.165) is 24.3 Å². The van der Waals surface area contributed by atoms with Gasteiger partial charge in [-0.1, -0.05) is 57.8 Å². The molecule has 16 heavy (non-hydrogen) atoms. The lowest BCUT2D eigenvalue weighted by molar-refractivity contribution is 0.211. The van der Waals surface area contributed by atoms with Crippen molar-refractivity contribution in [3.63, 3.8) is 0 Å². The van der Waals surface area contributed by atoms with Gasteiger partial charge in [-0.3, -0.25) is 0 Å². The van der Waals surface area contributed by atoms with Crippen molar-refractivity contribution in [3.8, 4) is 0 Å². The van der Waals surface area contributed by atoms with Gasteiger partial charge in [-0.2, -0.15) is 0 Å². The predicted octanol–water partition coefficient (Wildman–Crippen LogP) is 4.11. The second-order valence-electron chi connectivity index (χ2n) is 6.04. The maximum Gasteiger partial charge on any atom is -0.00773 e. The molecule has 0 radical (unpaired) electrons. The topological polar surface area (TPSA) is 26.0 Å². The van der Waals surface area contributed by atoms with Crippen molar-refractivity contribution in [1.29, 1.82) is 0 Å². The first-order valence-electron chi connectivity index (χ1n) is 7.62. The molecule has 0 aromatic heterocycles. The number of rotatable bonds is 6. The normalized spacial score (nSPS) is 23.6. The molecule has 2 rings (SSSR count). The monoisotopic (exact) mass is 223 g/mol. The Morgan fingerprint density at radius 3 is 1.75 bits per heavy atom. The molecule has 1 nitrogen and oxygen atoms in total. The molecule has 2 saturated carbocycles. The van der Waals surface area contributed by atoms with Crippen LogP contribution in [0.5, 0.6) is 0 Å². The van der Waals surface area contributed by atoms with Crippen LogP contribution in [0.1, 0.15) is 70.6 Å².